The van der Waals surface area contributed by atoms with Crippen molar-refractivity contribution in [2.75, 3.05) is 0 Å². The first-order valence-corrected chi connectivity index (χ1v) is 18.6. The molecular weight excluding hydrogens is 866 g/mol. The average molecular weight is 902 g/mol. The zero-order valence-corrected chi connectivity index (χ0v) is 33.1. The summed E-state index contributed by atoms with van der Waals surface area (Å²) in [7, 11) is 0. The largest absolute Gasteiger partial charge is 0.507 e. The summed E-state index contributed by atoms with van der Waals surface area (Å²) in [6, 6.07) is 62.1. The van der Waals surface area contributed by atoms with E-state index in [2.05, 4.69) is 164 Å². The quantitative estimate of drug-likeness (QED) is 0.169. The molecule has 0 amide bonds. The zero-order valence-electron chi connectivity index (χ0n) is 30.8. The van der Waals surface area contributed by atoms with Gasteiger partial charge < -0.3 is 5.11 Å². The number of fused-ring (bicyclic) bond motifs is 4. The van der Waals surface area contributed by atoms with Gasteiger partial charge in [0.15, 0.2) is 0 Å². The van der Waals surface area contributed by atoms with Crippen LogP contribution in [0.4, 0.5) is 0 Å². The van der Waals surface area contributed by atoms with E-state index in [0.717, 1.165) is 61.4 Å². The van der Waals surface area contributed by atoms with Crippen LogP contribution in [0.3, 0.4) is 0 Å². The summed E-state index contributed by atoms with van der Waals surface area (Å²) in [5.41, 5.74) is 16.2. The van der Waals surface area contributed by atoms with E-state index >= 15 is 0 Å². The predicted octanol–water partition coefficient (Wildman–Crippen LogP) is 12.6. The third-order valence-corrected chi connectivity index (χ3v) is 11.1. The number of imidazole rings is 1. The fourth-order valence-electron chi connectivity index (χ4n) is 8.32. The molecule has 0 atom stereocenters. The van der Waals surface area contributed by atoms with Crippen LogP contribution in [0.2, 0.25) is 0 Å². The topological polar surface area (TPSA) is 50.9 Å². The second-order valence-corrected chi connectivity index (χ2v) is 14.7. The third-order valence-electron chi connectivity index (χ3n) is 11.1. The third kappa shape index (κ3) is 5.80. The van der Waals surface area contributed by atoms with Gasteiger partial charge >= 0.3 is 0 Å². The Morgan fingerprint density at radius 1 is 0.536 bits per heavy atom. The molecule has 0 aliphatic heterocycles. The molecule has 7 aromatic carbocycles. The predicted molar refractivity (Wildman–Crippen MR) is 224 cm³/mol. The molecule has 56 heavy (non-hydrogen) atoms. The van der Waals surface area contributed by atoms with Gasteiger partial charge in [-0.25, -0.2) is 4.98 Å². The first-order valence-electron chi connectivity index (χ1n) is 18.6. The van der Waals surface area contributed by atoms with Crippen LogP contribution in [0, 0.1) is 6.07 Å². The minimum Gasteiger partial charge on any atom is -0.507 e. The molecule has 0 unspecified atom stereocenters. The van der Waals surface area contributed by atoms with Crippen molar-refractivity contribution in [1.29, 1.82) is 0 Å². The minimum atomic E-state index is -0.128. The van der Waals surface area contributed by atoms with E-state index in [1.54, 1.807) is 6.07 Å². The molecule has 10 rings (SSSR count). The number of nitrogens with zero attached hydrogens (tertiary/aromatic N) is 3. The van der Waals surface area contributed by atoms with Gasteiger partial charge in [-0.05, 0) is 57.6 Å². The van der Waals surface area contributed by atoms with Gasteiger partial charge in [-0.2, -0.15) is 0 Å². The molecule has 0 bridgehead atoms. The fourth-order valence-corrected chi connectivity index (χ4v) is 8.32. The molecule has 0 fully saturated rings. The van der Waals surface area contributed by atoms with Crippen LogP contribution in [-0.2, 0) is 26.5 Å². The Labute approximate surface area is 341 Å². The molecule has 9 aromatic rings. The molecule has 272 valence electrons. The number of aromatic hydroxyl groups is 1. The average Bonchev–Trinajstić information content (AvgIpc) is 3.73. The maximum atomic E-state index is 11.3. The Morgan fingerprint density at radius 3 is 1.93 bits per heavy atom. The molecule has 0 spiro atoms. The van der Waals surface area contributed by atoms with Crippen molar-refractivity contribution in [3.8, 4) is 78.6 Å². The van der Waals surface area contributed by atoms with Gasteiger partial charge in [0.25, 0.3) is 0 Å². The van der Waals surface area contributed by atoms with Gasteiger partial charge in [-0.3, -0.25) is 9.55 Å². The van der Waals surface area contributed by atoms with Crippen molar-refractivity contribution < 1.29 is 26.2 Å². The number of hydrogen-bond donors (Lipinski definition) is 1. The summed E-state index contributed by atoms with van der Waals surface area (Å²) in [5, 5.41) is 11.3. The standard InChI is InChI=1S/C51H36N3O.Pt/c1-51(2)43-24-12-9-21-40(43)42-31-45(52-32-44(42)51)37-29-35(33-16-5-3-6-17-33)28-36(30-37)39-23-15-26-47-49(39)53-50(41-22-11-14-27-48(41)55)54(47)46-25-13-10-20-38(46)34-18-7-4-8-19-34;/h3-29,31-32,55H,1-2H3;/q-1;. The number of para-hydroxylation sites is 3. The normalized spacial score (nSPS) is 12.5. The molecule has 0 radical (unpaired) electrons. The Balaban J connectivity index is 0.00000410. The van der Waals surface area contributed by atoms with Gasteiger partial charge in [-0.15, -0.1) is 23.8 Å². The Bertz CT molecular complexity index is 2910. The molecular formula is C51H36N3OPt-. The number of phenols is 1. The number of phenolic OH excluding ortho intramolecular Hbond substituents is 1. The molecule has 2 aromatic heterocycles. The van der Waals surface area contributed by atoms with E-state index in [4.69, 9.17) is 9.97 Å². The zero-order chi connectivity index (χ0) is 37.1. The SMILES string of the molecule is CC1(C)c2ccccc2-c2cc(-c3[c-]c(-c4cccc5c4nc(-c4ccccc4O)n5-c4ccccc4-c4ccccc4)cc(-c4ccccc4)c3)ncc21.[Pt]. The van der Waals surface area contributed by atoms with Crippen LogP contribution in [0.5, 0.6) is 5.75 Å². The number of aromatic nitrogens is 3. The van der Waals surface area contributed by atoms with Crippen molar-refractivity contribution in [3.63, 3.8) is 0 Å². The summed E-state index contributed by atoms with van der Waals surface area (Å²) in [4.78, 5) is 10.5. The van der Waals surface area contributed by atoms with E-state index in [1.807, 2.05) is 30.3 Å². The van der Waals surface area contributed by atoms with Crippen LogP contribution >= 0.6 is 0 Å². The molecule has 5 heteroatoms. The van der Waals surface area contributed by atoms with Gasteiger partial charge in [0.2, 0.25) is 0 Å². The number of pyridine rings is 1. The molecule has 4 nitrogen and oxygen atoms in total. The van der Waals surface area contributed by atoms with Crippen molar-refractivity contribution in [2.45, 2.75) is 19.3 Å². The van der Waals surface area contributed by atoms with Gasteiger partial charge in [0.05, 0.1) is 22.3 Å². The van der Waals surface area contributed by atoms with E-state index in [0.29, 0.717) is 11.4 Å². The van der Waals surface area contributed by atoms with Gasteiger partial charge in [0.1, 0.15) is 11.6 Å². The second-order valence-electron chi connectivity index (χ2n) is 14.7. The van der Waals surface area contributed by atoms with Crippen LogP contribution < -0.4 is 0 Å². The summed E-state index contributed by atoms with van der Waals surface area (Å²) < 4.78 is 2.18. The van der Waals surface area contributed by atoms with Crippen LogP contribution in [0.1, 0.15) is 25.0 Å². The number of benzene rings is 7. The van der Waals surface area contributed by atoms with Crippen molar-refractivity contribution in [3.05, 3.63) is 193 Å². The Morgan fingerprint density at radius 2 is 1.16 bits per heavy atom. The smallest absolute Gasteiger partial charge is 0.148 e. The molecule has 1 N–H and O–H groups in total. The summed E-state index contributed by atoms with van der Waals surface area (Å²) >= 11 is 0. The van der Waals surface area contributed by atoms with E-state index in [1.165, 1.54) is 22.3 Å². The van der Waals surface area contributed by atoms with Crippen LogP contribution in [-0.4, -0.2) is 19.6 Å². The van der Waals surface area contributed by atoms with Crippen LogP contribution in [0.15, 0.2) is 176 Å². The van der Waals surface area contributed by atoms with Crippen molar-refractivity contribution in [1.82, 2.24) is 14.5 Å². The first-order chi connectivity index (χ1) is 27.0. The van der Waals surface area contributed by atoms with Gasteiger partial charge in [0, 0.05) is 43.9 Å². The summed E-state index contributed by atoms with van der Waals surface area (Å²) in [5.74, 6) is 0.829. The van der Waals surface area contributed by atoms with E-state index < -0.39 is 0 Å². The summed E-state index contributed by atoms with van der Waals surface area (Å²) in [6.45, 7) is 4.56. The second kappa shape index (κ2) is 14.1. The van der Waals surface area contributed by atoms with Gasteiger partial charge in [-0.1, -0.05) is 164 Å². The Kier molecular flexibility index (Phi) is 8.87. The molecule has 1 aliphatic carbocycles. The van der Waals surface area contributed by atoms with E-state index in [9.17, 15) is 5.11 Å². The summed E-state index contributed by atoms with van der Waals surface area (Å²) in [6.07, 6.45) is 2.05. The molecule has 0 saturated carbocycles. The molecule has 0 saturated heterocycles. The minimum absolute atomic E-state index is 0. The maximum absolute atomic E-state index is 11.3. The van der Waals surface area contributed by atoms with Crippen molar-refractivity contribution in [2.24, 2.45) is 0 Å². The van der Waals surface area contributed by atoms with Crippen LogP contribution in [0.25, 0.3) is 83.9 Å². The molecule has 1 aliphatic rings. The number of hydrogen-bond acceptors (Lipinski definition) is 3. The monoisotopic (exact) mass is 901 g/mol. The fraction of sp³-hybridized carbons (Fsp3) is 0.0588. The van der Waals surface area contributed by atoms with E-state index in [-0.39, 0.29) is 32.2 Å². The first kappa shape index (κ1) is 35.4. The van der Waals surface area contributed by atoms with Crippen molar-refractivity contribution >= 4 is 11.0 Å². The maximum Gasteiger partial charge on any atom is 0.148 e. The molecule has 2 heterocycles. The number of rotatable bonds is 6. The Hall–Kier alpha value is -6.35.